The molecular weight excluding hydrogens is 314 g/mol. The van der Waals surface area contributed by atoms with Crippen LogP contribution in [0.4, 0.5) is 0 Å². The predicted molar refractivity (Wildman–Crippen MR) is 86.8 cm³/mol. The maximum Gasteiger partial charge on any atom is 0.244 e. The van der Waals surface area contributed by atoms with Crippen molar-refractivity contribution in [1.82, 2.24) is 24.1 Å². The largest absolute Gasteiger partial charge is 0.333 e. The summed E-state index contributed by atoms with van der Waals surface area (Å²) in [6.45, 7) is 7.05. The molecule has 0 saturated heterocycles. The average Bonchev–Trinajstić information content (AvgIpc) is 3.15. The quantitative estimate of drug-likeness (QED) is 0.831. The second-order valence-electron chi connectivity index (χ2n) is 5.97. The summed E-state index contributed by atoms with van der Waals surface area (Å²) in [4.78, 5) is 4.67. The fraction of sp³-hybridized carbons (Fsp3) is 0.600. The summed E-state index contributed by atoms with van der Waals surface area (Å²) in [5.74, 6) is 1.62. The van der Waals surface area contributed by atoms with E-state index in [0.717, 1.165) is 5.82 Å². The van der Waals surface area contributed by atoms with Crippen LogP contribution in [0.1, 0.15) is 42.9 Å². The molecule has 0 unspecified atom stereocenters. The lowest BCUT2D eigenvalue weighted by atomic mass is 10.4. The van der Waals surface area contributed by atoms with E-state index < -0.39 is 10.0 Å². The summed E-state index contributed by atoms with van der Waals surface area (Å²) in [5, 5.41) is 4.28. The molecule has 1 aliphatic carbocycles. The van der Waals surface area contributed by atoms with E-state index in [9.17, 15) is 8.42 Å². The molecule has 3 rings (SSSR count). The van der Waals surface area contributed by atoms with E-state index >= 15 is 0 Å². The van der Waals surface area contributed by atoms with Crippen molar-refractivity contribution >= 4 is 10.0 Å². The first-order chi connectivity index (χ1) is 10.9. The lowest BCUT2D eigenvalue weighted by Crippen LogP contribution is -2.28. The Morgan fingerprint density at radius 2 is 2.09 bits per heavy atom. The third-order valence-corrected chi connectivity index (χ3v) is 5.93. The van der Waals surface area contributed by atoms with Crippen molar-refractivity contribution in [1.29, 1.82) is 0 Å². The molecule has 1 saturated carbocycles. The Bertz CT molecular complexity index is 802. The minimum atomic E-state index is -3.55. The molecular formula is C15H23N5O2S. The molecule has 2 aromatic heterocycles. The van der Waals surface area contributed by atoms with Crippen LogP contribution >= 0.6 is 0 Å². The average molecular weight is 337 g/mol. The van der Waals surface area contributed by atoms with Crippen molar-refractivity contribution in [3.8, 4) is 0 Å². The second kappa shape index (κ2) is 6.09. The van der Waals surface area contributed by atoms with Crippen molar-refractivity contribution in [2.45, 2.75) is 57.5 Å². The number of imidazole rings is 1. The number of rotatable bonds is 7. The number of hydrogen-bond donors (Lipinski definition) is 1. The second-order valence-corrected chi connectivity index (χ2v) is 7.67. The zero-order valence-corrected chi connectivity index (χ0v) is 14.6. The molecule has 0 atom stereocenters. The first-order valence-electron chi connectivity index (χ1n) is 7.98. The highest BCUT2D eigenvalue weighted by Crippen LogP contribution is 2.38. The Morgan fingerprint density at radius 1 is 1.35 bits per heavy atom. The summed E-state index contributed by atoms with van der Waals surface area (Å²) in [7, 11) is -3.55. The van der Waals surface area contributed by atoms with Crippen LogP contribution in [0.3, 0.4) is 0 Å². The molecule has 0 radical (unpaired) electrons. The molecule has 0 amide bonds. The van der Waals surface area contributed by atoms with E-state index in [0.29, 0.717) is 41.8 Å². The van der Waals surface area contributed by atoms with E-state index in [1.807, 2.05) is 17.7 Å². The van der Waals surface area contributed by atoms with Gasteiger partial charge in [-0.2, -0.15) is 5.10 Å². The molecule has 126 valence electrons. The third kappa shape index (κ3) is 3.18. The highest BCUT2D eigenvalue weighted by Gasteiger charge is 2.28. The number of sulfonamides is 1. The minimum Gasteiger partial charge on any atom is -0.333 e. The fourth-order valence-corrected chi connectivity index (χ4v) is 4.39. The third-order valence-electron chi connectivity index (χ3n) is 4.22. The number of nitrogens with zero attached hydrogens (tertiary/aromatic N) is 4. The van der Waals surface area contributed by atoms with Gasteiger partial charge in [0.05, 0.1) is 11.4 Å². The molecule has 2 heterocycles. The Balaban J connectivity index is 1.69. The van der Waals surface area contributed by atoms with Crippen molar-refractivity contribution in [2.75, 3.05) is 6.54 Å². The van der Waals surface area contributed by atoms with Gasteiger partial charge in [0, 0.05) is 37.9 Å². The summed E-state index contributed by atoms with van der Waals surface area (Å²) >= 11 is 0. The molecule has 0 aromatic carbocycles. The topological polar surface area (TPSA) is 81.8 Å². The highest BCUT2D eigenvalue weighted by atomic mass is 32.2. The van der Waals surface area contributed by atoms with Gasteiger partial charge in [0.2, 0.25) is 10.0 Å². The number of aryl methyl sites for hydroxylation is 2. The van der Waals surface area contributed by atoms with Crippen LogP contribution in [-0.4, -0.2) is 34.3 Å². The zero-order valence-electron chi connectivity index (χ0n) is 13.8. The maximum absolute atomic E-state index is 12.6. The van der Waals surface area contributed by atoms with Crippen LogP contribution < -0.4 is 4.72 Å². The van der Waals surface area contributed by atoms with Crippen LogP contribution in [0.2, 0.25) is 0 Å². The number of aromatic nitrogens is 4. The molecule has 1 fully saturated rings. The molecule has 0 bridgehead atoms. The SMILES string of the molecule is CCn1nc(C)c(S(=O)(=O)NCCn2ccnc2C2CC2)c1C. The first-order valence-corrected chi connectivity index (χ1v) is 9.47. The Kier molecular flexibility index (Phi) is 4.29. The Hall–Kier alpha value is -1.67. The molecule has 1 N–H and O–H groups in total. The van der Waals surface area contributed by atoms with Crippen molar-refractivity contribution in [2.24, 2.45) is 0 Å². The minimum absolute atomic E-state index is 0.299. The fourth-order valence-electron chi connectivity index (χ4n) is 2.96. The Morgan fingerprint density at radius 3 is 2.70 bits per heavy atom. The van der Waals surface area contributed by atoms with Gasteiger partial charge < -0.3 is 4.57 Å². The van der Waals surface area contributed by atoms with E-state index in [1.165, 1.54) is 12.8 Å². The summed E-state index contributed by atoms with van der Waals surface area (Å²) < 4.78 is 31.6. The van der Waals surface area contributed by atoms with Gasteiger partial charge >= 0.3 is 0 Å². The van der Waals surface area contributed by atoms with Crippen LogP contribution in [0.25, 0.3) is 0 Å². The first kappa shape index (κ1) is 16.2. The van der Waals surface area contributed by atoms with Gasteiger partial charge in [0.25, 0.3) is 0 Å². The predicted octanol–water partition coefficient (Wildman–Crippen LogP) is 1.57. The normalized spacial score (nSPS) is 15.3. The van der Waals surface area contributed by atoms with Crippen LogP contribution in [-0.2, 0) is 23.1 Å². The van der Waals surface area contributed by atoms with Gasteiger partial charge in [-0.15, -0.1) is 0 Å². The Labute approximate surface area is 136 Å². The maximum atomic E-state index is 12.6. The van der Waals surface area contributed by atoms with Gasteiger partial charge in [0.1, 0.15) is 10.7 Å². The van der Waals surface area contributed by atoms with Crippen molar-refractivity contribution in [3.05, 3.63) is 29.6 Å². The summed E-state index contributed by atoms with van der Waals surface area (Å²) in [6, 6.07) is 0. The highest BCUT2D eigenvalue weighted by molar-refractivity contribution is 7.89. The molecule has 0 spiro atoms. The molecule has 7 nitrogen and oxygen atoms in total. The van der Waals surface area contributed by atoms with E-state index in [-0.39, 0.29) is 0 Å². The molecule has 0 aliphatic heterocycles. The monoisotopic (exact) mass is 337 g/mol. The van der Waals surface area contributed by atoms with Crippen LogP contribution in [0.5, 0.6) is 0 Å². The van der Waals surface area contributed by atoms with Crippen molar-refractivity contribution in [3.63, 3.8) is 0 Å². The number of nitrogens with one attached hydrogen (secondary N) is 1. The molecule has 1 aliphatic rings. The van der Waals surface area contributed by atoms with Gasteiger partial charge in [-0.05, 0) is 33.6 Å². The van der Waals surface area contributed by atoms with E-state index in [1.54, 1.807) is 24.7 Å². The van der Waals surface area contributed by atoms with E-state index in [2.05, 4.69) is 14.8 Å². The smallest absolute Gasteiger partial charge is 0.244 e. The van der Waals surface area contributed by atoms with Crippen LogP contribution in [0.15, 0.2) is 17.3 Å². The lowest BCUT2D eigenvalue weighted by Gasteiger charge is -2.10. The van der Waals surface area contributed by atoms with Crippen molar-refractivity contribution < 1.29 is 8.42 Å². The standard InChI is InChI=1S/C15H23N5O2S/c1-4-20-12(3)14(11(2)18-20)23(21,22)17-8-10-19-9-7-16-15(19)13-5-6-13/h7,9,13,17H,4-6,8,10H2,1-3H3. The summed E-state index contributed by atoms with van der Waals surface area (Å²) in [5.41, 5.74) is 1.22. The van der Waals surface area contributed by atoms with Gasteiger partial charge in [-0.1, -0.05) is 0 Å². The molecule has 23 heavy (non-hydrogen) atoms. The van der Waals surface area contributed by atoms with Gasteiger partial charge in [0.15, 0.2) is 0 Å². The molecule has 2 aromatic rings. The lowest BCUT2D eigenvalue weighted by molar-refractivity contribution is 0.567. The molecule has 8 heteroatoms. The van der Waals surface area contributed by atoms with Crippen LogP contribution in [0, 0.1) is 13.8 Å². The number of hydrogen-bond acceptors (Lipinski definition) is 4. The van der Waals surface area contributed by atoms with E-state index in [4.69, 9.17) is 0 Å². The van der Waals surface area contributed by atoms with Gasteiger partial charge in [-0.25, -0.2) is 18.1 Å². The van der Waals surface area contributed by atoms with Gasteiger partial charge in [-0.3, -0.25) is 4.68 Å². The summed E-state index contributed by atoms with van der Waals surface area (Å²) in [6.07, 6.45) is 6.05. The zero-order chi connectivity index (χ0) is 16.6.